The van der Waals surface area contributed by atoms with Gasteiger partial charge in [-0.2, -0.15) is 0 Å². The number of hydrogen-bond acceptors (Lipinski definition) is 6. The van der Waals surface area contributed by atoms with Crippen molar-refractivity contribution in [2.75, 3.05) is 42.3 Å². The van der Waals surface area contributed by atoms with Crippen molar-refractivity contribution in [2.45, 2.75) is 11.3 Å². The predicted molar refractivity (Wildman–Crippen MR) is 118 cm³/mol. The van der Waals surface area contributed by atoms with E-state index in [9.17, 15) is 0 Å². The van der Waals surface area contributed by atoms with Gasteiger partial charge < -0.3 is 20.7 Å². The van der Waals surface area contributed by atoms with Crippen LogP contribution < -0.4 is 16.0 Å². The van der Waals surface area contributed by atoms with Crippen LogP contribution in [0.4, 0.5) is 22.9 Å². The van der Waals surface area contributed by atoms with Crippen LogP contribution in [0.15, 0.2) is 65.7 Å². The molecule has 6 heteroatoms. The van der Waals surface area contributed by atoms with E-state index < -0.39 is 0 Å². The third-order valence-corrected chi connectivity index (χ3v) is 5.21. The second-order valence-electron chi connectivity index (χ2n) is 6.89. The molecule has 0 atom stereocenters. The van der Waals surface area contributed by atoms with Gasteiger partial charge in [0.1, 0.15) is 5.82 Å². The van der Waals surface area contributed by atoms with E-state index in [1.165, 1.54) is 11.3 Å². The van der Waals surface area contributed by atoms with Crippen LogP contribution in [0, 0.1) is 0 Å². The van der Waals surface area contributed by atoms with Gasteiger partial charge in [-0.1, -0.05) is 12.1 Å². The van der Waals surface area contributed by atoms with E-state index in [0.29, 0.717) is 5.82 Å². The molecule has 0 spiro atoms. The summed E-state index contributed by atoms with van der Waals surface area (Å²) < 4.78 is 5.42. The van der Waals surface area contributed by atoms with Crippen LogP contribution in [0.3, 0.4) is 0 Å². The van der Waals surface area contributed by atoms with Crippen molar-refractivity contribution in [1.29, 1.82) is 0 Å². The summed E-state index contributed by atoms with van der Waals surface area (Å²) in [6, 6.07) is 18.6. The Bertz CT molecular complexity index is 922. The third kappa shape index (κ3) is 4.58. The molecule has 1 aromatic heterocycles. The number of benzene rings is 2. The van der Waals surface area contributed by atoms with Crippen LogP contribution in [0.2, 0.25) is 0 Å². The molecule has 0 amide bonds. The topological polar surface area (TPSA) is 63.4 Å². The largest absolute Gasteiger partial charge is 0.384 e. The van der Waals surface area contributed by atoms with Crippen molar-refractivity contribution < 1.29 is 4.74 Å². The molecule has 0 radical (unpaired) electrons. The highest BCUT2D eigenvalue weighted by Gasteiger charge is 2.11. The molecule has 1 aliphatic rings. The molecular formula is C22H24N4OS. The molecule has 2 heterocycles. The number of hydrogen-bond donors (Lipinski definition) is 3. The Morgan fingerprint density at radius 2 is 1.75 bits per heavy atom. The molecule has 3 N–H and O–H groups in total. The Morgan fingerprint density at radius 1 is 1.00 bits per heavy atom. The quantitative estimate of drug-likeness (QED) is 0.570. The molecule has 3 aromatic rings. The fourth-order valence-corrected chi connectivity index (χ4v) is 3.60. The highest BCUT2D eigenvalue weighted by Crippen LogP contribution is 2.27. The van der Waals surface area contributed by atoms with Gasteiger partial charge in [0, 0.05) is 35.6 Å². The van der Waals surface area contributed by atoms with Crippen molar-refractivity contribution in [2.24, 2.45) is 0 Å². The Balaban J connectivity index is 1.42. The summed E-state index contributed by atoms with van der Waals surface area (Å²) in [5.74, 6) is 0.540. The van der Waals surface area contributed by atoms with Crippen molar-refractivity contribution in [3.05, 3.63) is 71.9 Å². The minimum absolute atomic E-state index is 0.540. The zero-order valence-corrected chi connectivity index (χ0v) is 16.5. The second-order valence-corrected chi connectivity index (χ2v) is 7.37. The molecule has 1 saturated heterocycles. The summed E-state index contributed by atoms with van der Waals surface area (Å²) in [4.78, 5) is 7.41. The van der Waals surface area contributed by atoms with Crippen molar-refractivity contribution >= 4 is 35.5 Å². The molecule has 5 nitrogen and oxygen atoms in total. The number of nitrogens with two attached hydrogens (primary N) is 1. The summed E-state index contributed by atoms with van der Waals surface area (Å²) in [6.45, 7) is 3.47. The molecule has 1 aliphatic heterocycles. The van der Waals surface area contributed by atoms with E-state index >= 15 is 0 Å². The average Bonchev–Trinajstić information content (AvgIpc) is 2.73. The number of nitrogen functional groups attached to an aromatic ring is 1. The van der Waals surface area contributed by atoms with Crippen molar-refractivity contribution in [3.63, 3.8) is 0 Å². The predicted octanol–water partition coefficient (Wildman–Crippen LogP) is 4.12. The summed E-state index contributed by atoms with van der Waals surface area (Å²) in [7, 11) is 0. The molecular weight excluding hydrogens is 368 g/mol. The standard InChI is InChI=1S/C22H24N4OS/c23-22-8-2-17(15-24-22)13-16-1-7-20(21(28)14-16)25-18-3-5-19(6-4-18)26-9-11-27-12-10-26/h1-8,14-15,25,28H,9-13H2,(H2,23,24). The van der Waals surface area contributed by atoms with Gasteiger partial charge in [-0.3, -0.25) is 0 Å². The Labute approximate surface area is 171 Å². The van der Waals surface area contributed by atoms with E-state index in [4.69, 9.17) is 10.5 Å². The highest BCUT2D eigenvalue weighted by atomic mass is 32.1. The lowest BCUT2D eigenvalue weighted by Crippen LogP contribution is -2.36. The summed E-state index contributed by atoms with van der Waals surface area (Å²) in [6.07, 6.45) is 2.62. The lowest BCUT2D eigenvalue weighted by atomic mass is 10.1. The Kier molecular flexibility index (Phi) is 5.69. The number of ether oxygens (including phenoxy) is 1. The number of morpholine rings is 1. The van der Waals surface area contributed by atoms with Gasteiger partial charge in [-0.15, -0.1) is 12.6 Å². The molecule has 4 rings (SSSR count). The molecule has 2 aromatic carbocycles. The maximum atomic E-state index is 5.65. The Morgan fingerprint density at radius 3 is 2.43 bits per heavy atom. The van der Waals surface area contributed by atoms with Crippen LogP contribution >= 0.6 is 12.6 Å². The van der Waals surface area contributed by atoms with Gasteiger partial charge in [0.25, 0.3) is 0 Å². The van der Waals surface area contributed by atoms with E-state index in [0.717, 1.165) is 54.6 Å². The zero-order valence-electron chi connectivity index (χ0n) is 15.6. The molecule has 144 valence electrons. The van der Waals surface area contributed by atoms with Gasteiger partial charge in [0.15, 0.2) is 0 Å². The number of thiol groups is 1. The molecule has 0 bridgehead atoms. The van der Waals surface area contributed by atoms with Crippen molar-refractivity contribution in [3.8, 4) is 0 Å². The number of aromatic nitrogens is 1. The van der Waals surface area contributed by atoms with Gasteiger partial charge in [0.05, 0.1) is 18.9 Å². The van der Waals surface area contributed by atoms with E-state index in [2.05, 4.69) is 70.3 Å². The van der Waals surface area contributed by atoms with E-state index in [1.54, 1.807) is 0 Å². The minimum atomic E-state index is 0.540. The lowest BCUT2D eigenvalue weighted by Gasteiger charge is -2.29. The molecule has 0 aliphatic carbocycles. The zero-order chi connectivity index (χ0) is 19.3. The molecule has 0 unspecified atom stereocenters. The first-order valence-corrected chi connectivity index (χ1v) is 9.84. The fraction of sp³-hybridized carbons (Fsp3) is 0.227. The monoisotopic (exact) mass is 392 g/mol. The number of nitrogens with one attached hydrogen (secondary N) is 1. The SMILES string of the molecule is Nc1ccc(Cc2ccc(Nc3ccc(N4CCOCC4)cc3)c(S)c2)cn1. The first-order chi connectivity index (χ1) is 13.7. The maximum Gasteiger partial charge on any atom is 0.123 e. The van der Waals surface area contributed by atoms with E-state index in [-0.39, 0.29) is 0 Å². The second kappa shape index (κ2) is 8.54. The number of rotatable bonds is 5. The smallest absolute Gasteiger partial charge is 0.123 e. The van der Waals surface area contributed by atoms with E-state index in [1.807, 2.05) is 18.3 Å². The minimum Gasteiger partial charge on any atom is -0.384 e. The van der Waals surface area contributed by atoms with Crippen molar-refractivity contribution in [1.82, 2.24) is 4.98 Å². The average molecular weight is 393 g/mol. The van der Waals surface area contributed by atoms with Crippen LogP contribution in [-0.4, -0.2) is 31.3 Å². The summed E-state index contributed by atoms with van der Waals surface area (Å²) >= 11 is 4.66. The van der Waals surface area contributed by atoms with Gasteiger partial charge in [0.2, 0.25) is 0 Å². The molecule has 1 fully saturated rings. The fourth-order valence-electron chi connectivity index (χ4n) is 3.30. The normalized spacial score (nSPS) is 14.1. The summed E-state index contributed by atoms with van der Waals surface area (Å²) in [5.41, 5.74) is 11.2. The van der Waals surface area contributed by atoms with Gasteiger partial charge >= 0.3 is 0 Å². The first-order valence-electron chi connectivity index (χ1n) is 9.39. The van der Waals surface area contributed by atoms with Crippen LogP contribution in [-0.2, 0) is 11.2 Å². The highest BCUT2D eigenvalue weighted by molar-refractivity contribution is 7.80. The Hall–Kier alpha value is -2.70. The summed E-state index contributed by atoms with van der Waals surface area (Å²) in [5, 5.41) is 3.45. The van der Waals surface area contributed by atoms with Crippen LogP contribution in [0.1, 0.15) is 11.1 Å². The van der Waals surface area contributed by atoms with Gasteiger partial charge in [-0.05, 0) is 60.0 Å². The number of pyridine rings is 1. The molecule has 0 saturated carbocycles. The first kappa shape index (κ1) is 18.7. The van der Waals surface area contributed by atoms with Crippen LogP contribution in [0.5, 0.6) is 0 Å². The maximum absolute atomic E-state index is 5.65. The van der Waals surface area contributed by atoms with Gasteiger partial charge in [-0.25, -0.2) is 4.98 Å². The third-order valence-electron chi connectivity index (χ3n) is 4.84. The number of anilines is 4. The number of nitrogens with zero attached hydrogens (tertiary/aromatic N) is 2. The molecule has 28 heavy (non-hydrogen) atoms. The van der Waals surface area contributed by atoms with Crippen LogP contribution in [0.25, 0.3) is 0 Å². The lowest BCUT2D eigenvalue weighted by molar-refractivity contribution is 0.122.